The third kappa shape index (κ3) is 23.7. The molecule has 0 radical (unpaired) electrons. The molecule has 61 heavy (non-hydrogen) atoms. The Labute approximate surface area is 380 Å². The van der Waals surface area contributed by atoms with Crippen LogP contribution in [-0.2, 0) is 23.5 Å². The largest absolute Gasteiger partial charge is 0.464 e. The molecule has 0 N–H and O–H groups in total. The molecule has 0 aromatic carbocycles. The number of likely N-dealkylation sites (tertiary alicyclic amines) is 2. The van der Waals surface area contributed by atoms with Crippen LogP contribution in [0.4, 0.5) is 0 Å². The van der Waals surface area contributed by atoms with Crippen LogP contribution in [0.5, 0.6) is 0 Å². The number of piperidine rings is 1. The fourth-order valence-electron chi connectivity index (χ4n) is 9.39. The Balaban J connectivity index is 2.02. The minimum atomic E-state index is -1.66. The Morgan fingerprint density at radius 2 is 0.934 bits per heavy atom. The number of carbonyl (C=O) groups excluding carboxylic acids is 2. The van der Waals surface area contributed by atoms with E-state index in [2.05, 4.69) is 71.4 Å². The summed E-state index contributed by atoms with van der Waals surface area (Å²) in [5.41, 5.74) is 0.332. The molecule has 2 fully saturated rings. The van der Waals surface area contributed by atoms with Crippen LogP contribution in [0.3, 0.4) is 0 Å². The quantitative estimate of drug-likeness (QED) is 0.0348. The maximum absolute atomic E-state index is 13.8. The third-order valence-electron chi connectivity index (χ3n) is 15.0. The molecule has 0 aliphatic carbocycles. The minimum Gasteiger partial charge on any atom is -0.464 e. The van der Waals surface area contributed by atoms with E-state index in [9.17, 15) is 9.59 Å². The van der Waals surface area contributed by atoms with Gasteiger partial charge < -0.3 is 18.8 Å². The smallest absolute Gasteiger partial charge is 0.308 e. The molecule has 2 rings (SSSR count). The lowest BCUT2D eigenvalue weighted by Crippen LogP contribution is -2.64. The highest BCUT2D eigenvalue weighted by Crippen LogP contribution is 2.42. The van der Waals surface area contributed by atoms with E-state index in [0.717, 1.165) is 77.5 Å². The van der Waals surface area contributed by atoms with E-state index in [4.69, 9.17) is 13.9 Å². The van der Waals surface area contributed by atoms with Gasteiger partial charge in [0, 0.05) is 19.7 Å². The van der Waals surface area contributed by atoms with E-state index in [1.165, 1.54) is 148 Å². The maximum Gasteiger partial charge on any atom is 0.308 e. The van der Waals surface area contributed by atoms with Gasteiger partial charge in [0.05, 0.1) is 17.9 Å². The second-order valence-corrected chi connectivity index (χ2v) is 26.3. The summed E-state index contributed by atoms with van der Waals surface area (Å²) >= 11 is 0. The van der Waals surface area contributed by atoms with E-state index >= 15 is 0 Å². The lowest BCUT2D eigenvalue weighted by Gasteiger charge is -2.56. The van der Waals surface area contributed by atoms with Crippen LogP contribution >= 0.6 is 0 Å². The first kappa shape index (κ1) is 56.2. The molecule has 0 atom stereocenters. The molecule has 0 bridgehead atoms. The van der Waals surface area contributed by atoms with Crippen molar-refractivity contribution < 1.29 is 23.5 Å². The molecule has 0 amide bonds. The van der Waals surface area contributed by atoms with E-state index in [1.807, 2.05) is 0 Å². The van der Waals surface area contributed by atoms with E-state index in [1.54, 1.807) is 0 Å². The molecule has 0 unspecified atom stereocenters. The monoisotopic (exact) mass is 877 g/mol. The topological polar surface area (TPSA) is 68.3 Å². The average Bonchev–Trinajstić information content (AvgIpc) is 3.22. The standard InChI is InChI=1S/C53H104N2O5Si/c1-10-14-18-22-27-33-47(34-28-23-19-15-11-2)50(56)58-43-49(44-59-51(57)48(35-29-24-20-16-12-3)36-30-25-21-17-13-4)55-45-53(46-55)37-40-54(41-38-53)39-31-26-32-42-60-61(8,9)52(5,6)7/h47-49H,10-46H2,1-9H3. The summed E-state index contributed by atoms with van der Waals surface area (Å²) < 4.78 is 19.0. The van der Waals surface area contributed by atoms with Gasteiger partial charge in [0.2, 0.25) is 0 Å². The van der Waals surface area contributed by atoms with Crippen molar-refractivity contribution in [2.24, 2.45) is 17.3 Å². The van der Waals surface area contributed by atoms with E-state index < -0.39 is 8.32 Å². The van der Waals surface area contributed by atoms with Gasteiger partial charge in [-0.25, -0.2) is 0 Å². The molecular formula is C53H104N2O5Si. The number of esters is 2. The molecule has 1 spiro atoms. The maximum atomic E-state index is 13.8. The van der Waals surface area contributed by atoms with E-state index in [0.29, 0.717) is 18.6 Å². The summed E-state index contributed by atoms with van der Waals surface area (Å²) in [6.45, 7) is 27.8. The molecule has 0 aromatic heterocycles. The number of hydrogen-bond donors (Lipinski definition) is 0. The fraction of sp³-hybridized carbons (Fsp3) is 0.962. The van der Waals surface area contributed by atoms with Crippen LogP contribution in [0.25, 0.3) is 0 Å². The van der Waals surface area contributed by atoms with Gasteiger partial charge in [0.1, 0.15) is 13.2 Å². The van der Waals surface area contributed by atoms with Crippen LogP contribution < -0.4 is 0 Å². The Hall–Kier alpha value is -0.963. The van der Waals surface area contributed by atoms with E-state index in [-0.39, 0.29) is 34.9 Å². The number of unbranched alkanes of at least 4 members (excludes halogenated alkanes) is 18. The SMILES string of the molecule is CCCCCCCC(CCCCCCC)C(=O)OCC(COC(=O)C(CCCCCCC)CCCCCCC)N1CC2(CCN(CCCCCO[Si](C)(C)C(C)(C)C)CC2)C1. The van der Waals surface area contributed by atoms with Gasteiger partial charge in [-0.05, 0) is 101 Å². The van der Waals surface area contributed by atoms with Crippen molar-refractivity contribution in [2.75, 3.05) is 52.5 Å². The molecule has 2 saturated heterocycles. The summed E-state index contributed by atoms with van der Waals surface area (Å²) in [5.74, 6) is -0.0788. The van der Waals surface area contributed by atoms with Crippen LogP contribution in [0, 0.1) is 17.3 Å². The summed E-state index contributed by atoms with van der Waals surface area (Å²) in [6.07, 6.45) is 34.1. The Morgan fingerprint density at radius 1 is 0.557 bits per heavy atom. The van der Waals surface area contributed by atoms with Gasteiger partial charge in [-0.1, -0.05) is 177 Å². The lowest BCUT2D eigenvalue weighted by atomic mass is 9.71. The number of nitrogens with zero attached hydrogens (tertiary/aromatic N) is 2. The summed E-state index contributed by atoms with van der Waals surface area (Å²) in [5, 5.41) is 0.274. The number of rotatable bonds is 38. The van der Waals surface area contributed by atoms with Gasteiger partial charge in [-0.2, -0.15) is 0 Å². The molecule has 2 heterocycles. The molecule has 0 saturated carbocycles. The lowest BCUT2D eigenvalue weighted by molar-refractivity contribution is -0.161. The summed E-state index contributed by atoms with van der Waals surface area (Å²) in [4.78, 5) is 32.9. The Bertz CT molecular complexity index is 1020. The van der Waals surface area contributed by atoms with Gasteiger partial charge >= 0.3 is 11.9 Å². The zero-order chi connectivity index (χ0) is 44.8. The van der Waals surface area contributed by atoms with Crippen LogP contribution in [0.2, 0.25) is 18.1 Å². The fourth-order valence-corrected chi connectivity index (χ4v) is 10.5. The highest BCUT2D eigenvalue weighted by molar-refractivity contribution is 6.74. The Kier molecular flexibility index (Phi) is 30.1. The zero-order valence-electron chi connectivity index (χ0n) is 42.3. The molecular weight excluding hydrogens is 773 g/mol. The zero-order valence-corrected chi connectivity index (χ0v) is 43.3. The molecule has 2 aliphatic heterocycles. The molecule has 7 nitrogen and oxygen atoms in total. The van der Waals surface area contributed by atoms with Crippen molar-refractivity contribution in [3.8, 4) is 0 Å². The predicted molar refractivity (Wildman–Crippen MR) is 263 cm³/mol. The number of carbonyl (C=O) groups is 2. The number of ether oxygens (including phenoxy) is 2. The van der Waals surface area contributed by atoms with Crippen molar-refractivity contribution >= 4 is 20.3 Å². The molecule has 2 aliphatic rings. The van der Waals surface area contributed by atoms with Gasteiger partial charge in [0.25, 0.3) is 0 Å². The van der Waals surface area contributed by atoms with Gasteiger partial charge in [-0.15, -0.1) is 0 Å². The molecule has 360 valence electrons. The second kappa shape index (κ2) is 32.7. The first-order valence-corrected chi connectivity index (χ1v) is 29.7. The molecule has 0 aromatic rings. The summed E-state index contributed by atoms with van der Waals surface area (Å²) in [6, 6.07) is -0.0744. The van der Waals surface area contributed by atoms with Gasteiger partial charge in [0.15, 0.2) is 8.32 Å². The van der Waals surface area contributed by atoms with Crippen molar-refractivity contribution in [2.45, 2.75) is 259 Å². The average molecular weight is 878 g/mol. The van der Waals surface area contributed by atoms with Crippen LogP contribution in [-0.4, -0.2) is 88.6 Å². The Morgan fingerprint density at radius 3 is 1.31 bits per heavy atom. The van der Waals surface area contributed by atoms with Crippen molar-refractivity contribution in [3.63, 3.8) is 0 Å². The van der Waals surface area contributed by atoms with Crippen molar-refractivity contribution in [3.05, 3.63) is 0 Å². The highest BCUT2D eigenvalue weighted by Gasteiger charge is 2.47. The third-order valence-corrected chi connectivity index (χ3v) is 19.6. The predicted octanol–water partition coefficient (Wildman–Crippen LogP) is 14.7. The highest BCUT2D eigenvalue weighted by atomic mass is 28.4. The van der Waals surface area contributed by atoms with Crippen molar-refractivity contribution in [1.29, 1.82) is 0 Å². The first-order chi connectivity index (χ1) is 29.3. The van der Waals surface area contributed by atoms with Crippen molar-refractivity contribution in [1.82, 2.24) is 9.80 Å². The van der Waals surface area contributed by atoms with Crippen LogP contribution in [0.15, 0.2) is 0 Å². The summed E-state index contributed by atoms with van der Waals surface area (Å²) in [7, 11) is -1.66. The minimum absolute atomic E-state index is 0.0190. The first-order valence-electron chi connectivity index (χ1n) is 26.7. The van der Waals surface area contributed by atoms with Crippen LogP contribution in [0.1, 0.15) is 235 Å². The molecule has 8 heteroatoms. The second-order valence-electron chi connectivity index (χ2n) is 21.5. The number of hydrogen-bond acceptors (Lipinski definition) is 7. The normalized spacial score (nSPS) is 16.3. The van der Waals surface area contributed by atoms with Gasteiger partial charge in [-0.3, -0.25) is 14.5 Å².